The Balaban J connectivity index is 0. The van der Waals surface area contributed by atoms with Gasteiger partial charge in [0.05, 0.1) is 0 Å². The molecule has 3 radical (unpaired) electrons. The van der Waals surface area contributed by atoms with Gasteiger partial charge >= 0.3 is 0 Å². The van der Waals surface area contributed by atoms with Gasteiger partial charge < -0.3 is 0 Å². The number of allylic oxidation sites excluding steroid dienone is 11. The van der Waals surface area contributed by atoms with Gasteiger partial charge in [0.1, 0.15) is 0 Å². The first-order valence-corrected chi connectivity index (χ1v) is 9.25. The molecule has 2 heterocycles. The van der Waals surface area contributed by atoms with Crippen molar-refractivity contribution in [3.63, 3.8) is 0 Å². The van der Waals surface area contributed by atoms with E-state index in [2.05, 4.69) is 70.2 Å². The van der Waals surface area contributed by atoms with E-state index in [1.165, 1.54) is 30.7 Å². The van der Waals surface area contributed by atoms with Crippen LogP contribution < -0.4 is 0 Å². The summed E-state index contributed by atoms with van der Waals surface area (Å²) >= 11 is 3.64. The van der Waals surface area contributed by atoms with E-state index < -0.39 is 0 Å². The molecule has 2 rings (SSSR count). The van der Waals surface area contributed by atoms with Gasteiger partial charge in [0, 0.05) is 124 Å². The van der Waals surface area contributed by atoms with E-state index in [9.17, 15) is 0 Å². The Morgan fingerprint density at radius 2 is 1.46 bits per heavy atom. The van der Waals surface area contributed by atoms with E-state index in [1.54, 1.807) is 0 Å². The number of thioether (sulfide) groups is 1. The molecule has 0 saturated carbocycles. The van der Waals surface area contributed by atoms with Gasteiger partial charge in [-0.3, -0.25) is 0 Å². The van der Waals surface area contributed by atoms with Gasteiger partial charge in [-0.15, -0.1) is 12.2 Å². The minimum atomic E-state index is 0. The van der Waals surface area contributed by atoms with E-state index >= 15 is 0 Å². The molecular weight excluding hydrogens is 583 g/mol. The quantitative estimate of drug-likeness (QED) is 0.202. The van der Waals surface area contributed by atoms with Crippen molar-refractivity contribution in [3.05, 3.63) is 91.4 Å². The van der Waals surface area contributed by atoms with Crippen molar-refractivity contribution in [2.24, 2.45) is 0 Å². The third kappa shape index (κ3) is 12.3. The third-order valence-corrected chi connectivity index (χ3v) is 4.85. The van der Waals surface area contributed by atoms with E-state index in [-0.39, 0.29) is 98.1 Å². The third-order valence-electron chi connectivity index (χ3n) is 3.09. The normalized spacial score (nSPS) is 13.8. The maximum Gasteiger partial charge on any atom is 0.217 e. The van der Waals surface area contributed by atoms with Crippen molar-refractivity contribution >= 4 is 29.2 Å². The molecule has 0 atom stereocenters. The van der Waals surface area contributed by atoms with Crippen LogP contribution in [0.25, 0.3) is 6.08 Å². The predicted molar refractivity (Wildman–Crippen MR) is 107 cm³/mol. The van der Waals surface area contributed by atoms with Crippen molar-refractivity contribution in [3.8, 4) is 0 Å². The zero-order chi connectivity index (χ0) is 16.7. The maximum absolute atomic E-state index is 3.17. The Bertz CT molecular complexity index is 714. The average Bonchev–Trinajstić information content (AvgIpc) is 2.44. The molecule has 0 fully saturated rings. The largest absolute Gasteiger partial charge is 0.217 e. The van der Waals surface area contributed by atoms with Crippen LogP contribution in [0.15, 0.2) is 70.0 Å². The Labute approximate surface area is 242 Å². The summed E-state index contributed by atoms with van der Waals surface area (Å²) in [6, 6.07) is 4.40. The molecule has 1 aliphatic rings. The topological polar surface area (TPSA) is 0 Å². The van der Waals surface area contributed by atoms with Gasteiger partial charge in [0.25, 0.3) is 0 Å². The van der Waals surface area contributed by atoms with Crippen LogP contribution in [0.3, 0.4) is 0 Å². The molecule has 5 heteroatoms. The molecule has 0 aliphatic carbocycles. The zero-order valence-corrected chi connectivity index (χ0v) is 26.0. The fourth-order valence-electron chi connectivity index (χ4n) is 2.33. The van der Waals surface area contributed by atoms with E-state index in [0.717, 1.165) is 0 Å². The second-order valence-corrected chi connectivity index (χ2v) is 8.43. The standard InChI is InChI=1S/C21H22S2.3Y/c1-16-12-20(13-17(2)22-16)10-8-6-5-7-9-11-21-14-18(3)23-19(4)15-21;;;/h6-15H,1-4H3;;;. The summed E-state index contributed by atoms with van der Waals surface area (Å²) in [4.78, 5) is 5.34. The van der Waals surface area contributed by atoms with Crippen molar-refractivity contribution in [2.45, 2.75) is 27.7 Å². The number of rotatable bonds is 4. The number of aryl methyl sites for hydroxylation is 2. The van der Waals surface area contributed by atoms with Crippen LogP contribution in [0, 0.1) is 19.9 Å². The van der Waals surface area contributed by atoms with E-state index in [1.807, 2.05) is 47.4 Å². The number of hydrogen-bond donors (Lipinski definition) is 0. The van der Waals surface area contributed by atoms with Crippen molar-refractivity contribution < 1.29 is 98.1 Å². The van der Waals surface area contributed by atoms with Crippen molar-refractivity contribution in [1.29, 1.82) is 0 Å². The van der Waals surface area contributed by atoms with Crippen LogP contribution in [0.5, 0.6) is 0 Å². The van der Waals surface area contributed by atoms with Crippen LogP contribution in [-0.4, -0.2) is 0 Å². The zero-order valence-electron chi connectivity index (χ0n) is 15.8. The van der Waals surface area contributed by atoms with Crippen LogP contribution in [0.2, 0.25) is 0 Å². The van der Waals surface area contributed by atoms with Gasteiger partial charge in [-0.25, -0.2) is 0 Å². The Morgan fingerprint density at radius 3 is 2.04 bits per heavy atom. The molecule has 1 aromatic heterocycles. The first-order chi connectivity index (χ1) is 11.0. The summed E-state index contributed by atoms with van der Waals surface area (Å²) in [5.74, 6) is 0. The summed E-state index contributed by atoms with van der Waals surface area (Å²) in [6.45, 7) is 8.57. The molecular formula is C21H22S2Y3. The summed E-state index contributed by atoms with van der Waals surface area (Å²) in [6.07, 6.45) is 19.7. The molecule has 1 aromatic rings. The van der Waals surface area contributed by atoms with Crippen LogP contribution in [-0.2, 0) is 98.1 Å². The maximum atomic E-state index is 3.17. The minimum Gasteiger partial charge on any atom is -0.184 e. The van der Waals surface area contributed by atoms with Gasteiger partial charge in [0.15, 0.2) is 0 Å². The second-order valence-electron chi connectivity index (χ2n) is 5.44. The molecule has 127 valence electrons. The molecule has 26 heavy (non-hydrogen) atoms. The Hall–Kier alpha value is 1.67. The minimum absolute atomic E-state index is 0. The number of hydrogen-bond acceptors (Lipinski definition) is 1. The molecule has 0 N–H and O–H groups in total. The first-order valence-electron chi connectivity index (χ1n) is 7.61. The molecule has 0 unspecified atom stereocenters. The second kappa shape index (κ2) is 16.5. The van der Waals surface area contributed by atoms with Crippen molar-refractivity contribution in [2.75, 3.05) is 0 Å². The van der Waals surface area contributed by atoms with Crippen molar-refractivity contribution in [1.82, 2.24) is 0 Å². The van der Waals surface area contributed by atoms with E-state index in [4.69, 9.17) is 0 Å². The first kappa shape index (κ1) is 29.9. The summed E-state index contributed by atoms with van der Waals surface area (Å²) in [5.41, 5.74) is 2.48. The Morgan fingerprint density at radius 1 is 0.885 bits per heavy atom. The predicted octanol–water partition coefficient (Wildman–Crippen LogP) is 7.05. The SMILES string of the molecule is CC1=CC(=C/C=C/[C-]=C/C=C/c2cc(C)[s+]c(C)c2)C=C(C)S1.[Y].[Y].[Y]. The summed E-state index contributed by atoms with van der Waals surface area (Å²) < 4.78 is 0. The fourth-order valence-corrected chi connectivity index (χ4v) is 4.12. The van der Waals surface area contributed by atoms with Crippen LogP contribution in [0.4, 0.5) is 0 Å². The van der Waals surface area contributed by atoms with E-state index in [0.29, 0.717) is 0 Å². The summed E-state index contributed by atoms with van der Waals surface area (Å²) in [5, 5.41) is 0. The van der Waals surface area contributed by atoms with Gasteiger partial charge in [-0.1, -0.05) is 11.8 Å². The average molecular weight is 605 g/mol. The van der Waals surface area contributed by atoms with Crippen LogP contribution >= 0.6 is 23.1 Å². The molecule has 0 saturated heterocycles. The van der Waals surface area contributed by atoms with Gasteiger partial charge in [-0.2, -0.15) is 30.4 Å². The monoisotopic (exact) mass is 605 g/mol. The smallest absolute Gasteiger partial charge is 0.184 e. The molecule has 0 nitrogen and oxygen atoms in total. The van der Waals surface area contributed by atoms with Gasteiger partial charge in [-0.05, 0) is 46.9 Å². The summed E-state index contributed by atoms with van der Waals surface area (Å²) in [7, 11) is 0. The molecule has 0 spiro atoms. The Kier molecular flexibility index (Phi) is 18.9. The molecule has 0 amide bonds. The molecule has 0 bridgehead atoms. The molecule has 1 aliphatic heterocycles. The van der Waals surface area contributed by atoms with Crippen LogP contribution in [0.1, 0.15) is 29.2 Å². The van der Waals surface area contributed by atoms with Gasteiger partial charge in [0.2, 0.25) is 21.1 Å². The fraction of sp³-hybridized carbons (Fsp3) is 0.190. The molecule has 0 aromatic carbocycles.